The first-order valence-corrected chi connectivity index (χ1v) is 6.58. The highest BCUT2D eigenvalue weighted by Gasteiger charge is 2.20. The SMILES string of the molecule is NC(Cc1cc(Cl)cc2c1OCC2)c1ncccn1. The van der Waals surface area contributed by atoms with Crippen LogP contribution in [0.15, 0.2) is 30.6 Å². The Morgan fingerprint density at radius 3 is 2.89 bits per heavy atom. The number of aromatic nitrogens is 2. The quantitative estimate of drug-likeness (QED) is 0.934. The topological polar surface area (TPSA) is 61.0 Å². The number of nitrogens with two attached hydrogens (primary N) is 1. The van der Waals surface area contributed by atoms with Crippen molar-refractivity contribution < 1.29 is 4.74 Å². The summed E-state index contributed by atoms with van der Waals surface area (Å²) in [6, 6.07) is 5.39. The Morgan fingerprint density at radius 1 is 1.32 bits per heavy atom. The molecule has 0 bridgehead atoms. The second-order valence-electron chi connectivity index (χ2n) is 4.57. The van der Waals surface area contributed by atoms with Crippen LogP contribution in [0.2, 0.25) is 5.02 Å². The van der Waals surface area contributed by atoms with Gasteiger partial charge in [-0.3, -0.25) is 0 Å². The van der Waals surface area contributed by atoms with Crippen molar-refractivity contribution in [1.82, 2.24) is 9.97 Å². The zero-order chi connectivity index (χ0) is 13.2. The Bertz CT molecular complexity index is 589. The van der Waals surface area contributed by atoms with E-state index in [1.54, 1.807) is 18.5 Å². The predicted octanol–water partition coefficient (Wildman–Crippen LogP) is 2.31. The summed E-state index contributed by atoms with van der Waals surface area (Å²) in [7, 11) is 0. The normalized spacial score (nSPS) is 14.8. The molecular formula is C14H14ClN3O. The number of ether oxygens (including phenoxy) is 1. The van der Waals surface area contributed by atoms with Crippen LogP contribution >= 0.6 is 11.6 Å². The molecule has 3 rings (SSSR count). The lowest BCUT2D eigenvalue weighted by molar-refractivity contribution is 0.352. The molecule has 0 fully saturated rings. The van der Waals surface area contributed by atoms with Crippen molar-refractivity contribution in [2.75, 3.05) is 6.61 Å². The van der Waals surface area contributed by atoms with Gasteiger partial charge in [0.1, 0.15) is 11.6 Å². The number of rotatable bonds is 3. The van der Waals surface area contributed by atoms with E-state index in [0.29, 0.717) is 18.9 Å². The van der Waals surface area contributed by atoms with Gasteiger partial charge in [0.05, 0.1) is 12.6 Å². The lowest BCUT2D eigenvalue weighted by Gasteiger charge is -2.13. The highest BCUT2D eigenvalue weighted by molar-refractivity contribution is 6.30. The second-order valence-corrected chi connectivity index (χ2v) is 5.01. The first-order chi connectivity index (χ1) is 9.24. The number of hydrogen-bond acceptors (Lipinski definition) is 4. The highest BCUT2D eigenvalue weighted by Crippen LogP contribution is 2.34. The first kappa shape index (κ1) is 12.4. The van der Waals surface area contributed by atoms with Crippen LogP contribution in [0.1, 0.15) is 23.0 Å². The molecule has 2 aromatic rings. The molecule has 1 unspecified atom stereocenters. The van der Waals surface area contributed by atoms with Crippen molar-refractivity contribution in [1.29, 1.82) is 0 Å². The Labute approximate surface area is 116 Å². The lowest BCUT2D eigenvalue weighted by Crippen LogP contribution is -2.16. The summed E-state index contributed by atoms with van der Waals surface area (Å²) in [6.45, 7) is 0.708. The van der Waals surface area contributed by atoms with Crippen LogP contribution in [-0.4, -0.2) is 16.6 Å². The van der Waals surface area contributed by atoms with Crippen molar-refractivity contribution >= 4 is 11.6 Å². The van der Waals surface area contributed by atoms with Crippen molar-refractivity contribution in [2.24, 2.45) is 5.73 Å². The maximum Gasteiger partial charge on any atom is 0.145 e. The van der Waals surface area contributed by atoms with Crippen LogP contribution in [0.4, 0.5) is 0 Å². The van der Waals surface area contributed by atoms with E-state index in [0.717, 1.165) is 28.3 Å². The molecule has 5 heteroatoms. The summed E-state index contributed by atoms with van der Waals surface area (Å²) < 4.78 is 5.67. The standard InChI is InChI=1S/C14H14ClN3O/c15-11-6-9-2-5-19-13(9)10(7-11)8-12(16)14-17-3-1-4-18-14/h1,3-4,6-7,12H,2,5,8,16H2. The van der Waals surface area contributed by atoms with Gasteiger partial charge in [-0.2, -0.15) is 0 Å². The Hall–Kier alpha value is -1.65. The van der Waals surface area contributed by atoms with Gasteiger partial charge in [-0.1, -0.05) is 11.6 Å². The minimum Gasteiger partial charge on any atom is -0.493 e. The Morgan fingerprint density at radius 2 is 2.11 bits per heavy atom. The minimum atomic E-state index is -0.257. The third-order valence-electron chi connectivity index (χ3n) is 3.18. The largest absolute Gasteiger partial charge is 0.493 e. The summed E-state index contributed by atoms with van der Waals surface area (Å²) in [5, 5.41) is 0.723. The minimum absolute atomic E-state index is 0.257. The van der Waals surface area contributed by atoms with Gasteiger partial charge in [0.25, 0.3) is 0 Å². The number of halogens is 1. The van der Waals surface area contributed by atoms with Gasteiger partial charge >= 0.3 is 0 Å². The van der Waals surface area contributed by atoms with Gasteiger partial charge in [-0.15, -0.1) is 0 Å². The molecule has 0 spiro atoms. The molecule has 1 aromatic heterocycles. The summed E-state index contributed by atoms with van der Waals surface area (Å²) in [6.07, 6.45) is 4.91. The fraction of sp³-hybridized carbons (Fsp3) is 0.286. The number of nitrogens with zero attached hydrogens (tertiary/aromatic N) is 2. The van der Waals surface area contributed by atoms with Crippen LogP contribution in [0.25, 0.3) is 0 Å². The van der Waals surface area contributed by atoms with Crippen molar-refractivity contribution in [3.63, 3.8) is 0 Å². The van der Waals surface area contributed by atoms with Gasteiger partial charge in [0.15, 0.2) is 0 Å². The Balaban J connectivity index is 1.88. The zero-order valence-corrected chi connectivity index (χ0v) is 11.1. The fourth-order valence-corrected chi connectivity index (χ4v) is 2.59. The maximum atomic E-state index is 6.15. The van der Waals surface area contributed by atoms with Crippen molar-refractivity contribution in [3.05, 3.63) is 52.6 Å². The average Bonchev–Trinajstić information content (AvgIpc) is 2.88. The van der Waals surface area contributed by atoms with E-state index < -0.39 is 0 Å². The van der Waals surface area contributed by atoms with Gasteiger partial charge in [0.2, 0.25) is 0 Å². The summed E-state index contributed by atoms with van der Waals surface area (Å²) in [4.78, 5) is 8.36. The first-order valence-electron chi connectivity index (χ1n) is 6.20. The smallest absolute Gasteiger partial charge is 0.145 e. The van der Waals surface area contributed by atoms with Crippen LogP contribution in [0, 0.1) is 0 Å². The van der Waals surface area contributed by atoms with E-state index >= 15 is 0 Å². The molecule has 0 radical (unpaired) electrons. The van der Waals surface area contributed by atoms with E-state index in [9.17, 15) is 0 Å². The molecule has 98 valence electrons. The van der Waals surface area contributed by atoms with E-state index in [-0.39, 0.29) is 6.04 Å². The van der Waals surface area contributed by atoms with Gasteiger partial charge < -0.3 is 10.5 Å². The average molecular weight is 276 g/mol. The predicted molar refractivity (Wildman–Crippen MR) is 73.3 cm³/mol. The summed E-state index contributed by atoms with van der Waals surface area (Å²) >= 11 is 6.13. The molecule has 1 atom stereocenters. The van der Waals surface area contributed by atoms with Gasteiger partial charge in [-0.25, -0.2) is 9.97 Å². The fourth-order valence-electron chi connectivity index (χ4n) is 2.33. The molecule has 2 heterocycles. The molecule has 1 aliphatic heterocycles. The van der Waals surface area contributed by atoms with E-state index in [2.05, 4.69) is 9.97 Å². The molecule has 0 aliphatic carbocycles. The van der Waals surface area contributed by atoms with E-state index in [4.69, 9.17) is 22.1 Å². The summed E-state index contributed by atoms with van der Waals surface area (Å²) in [5.74, 6) is 1.56. The molecule has 0 saturated heterocycles. The highest BCUT2D eigenvalue weighted by atomic mass is 35.5. The van der Waals surface area contributed by atoms with Gasteiger partial charge in [0, 0.05) is 23.8 Å². The molecular weight excluding hydrogens is 262 g/mol. The number of fused-ring (bicyclic) bond motifs is 1. The summed E-state index contributed by atoms with van der Waals surface area (Å²) in [5.41, 5.74) is 8.33. The monoisotopic (exact) mass is 275 g/mol. The molecule has 0 amide bonds. The lowest BCUT2D eigenvalue weighted by atomic mass is 10.0. The number of hydrogen-bond donors (Lipinski definition) is 1. The van der Waals surface area contributed by atoms with Crippen LogP contribution in [0.5, 0.6) is 5.75 Å². The van der Waals surface area contributed by atoms with Crippen LogP contribution in [-0.2, 0) is 12.8 Å². The van der Waals surface area contributed by atoms with Crippen LogP contribution in [0.3, 0.4) is 0 Å². The van der Waals surface area contributed by atoms with Crippen LogP contribution < -0.4 is 10.5 Å². The molecule has 1 aromatic carbocycles. The molecule has 4 nitrogen and oxygen atoms in total. The third-order valence-corrected chi connectivity index (χ3v) is 3.40. The molecule has 19 heavy (non-hydrogen) atoms. The Kier molecular flexibility index (Phi) is 3.36. The van der Waals surface area contributed by atoms with Crippen molar-refractivity contribution in [3.8, 4) is 5.75 Å². The molecule has 2 N–H and O–H groups in total. The molecule has 0 saturated carbocycles. The zero-order valence-electron chi connectivity index (χ0n) is 10.3. The third kappa shape index (κ3) is 2.55. The number of benzene rings is 1. The second kappa shape index (κ2) is 5.15. The van der Waals surface area contributed by atoms with E-state index in [1.165, 1.54) is 0 Å². The van der Waals surface area contributed by atoms with E-state index in [1.807, 2.05) is 12.1 Å². The van der Waals surface area contributed by atoms with Gasteiger partial charge in [-0.05, 0) is 35.7 Å². The maximum absolute atomic E-state index is 6.15. The van der Waals surface area contributed by atoms with Crippen molar-refractivity contribution in [2.45, 2.75) is 18.9 Å². The molecule has 1 aliphatic rings.